The molecule has 0 aliphatic rings. The summed E-state index contributed by atoms with van der Waals surface area (Å²) in [6.45, 7) is 2.85. The molecule has 1 heterocycles. The second-order valence-corrected chi connectivity index (χ2v) is 3.95. The maximum atomic E-state index is 11.3. The molecule has 0 unspecified atom stereocenters. The van der Waals surface area contributed by atoms with Gasteiger partial charge in [-0.15, -0.1) is 0 Å². The highest BCUT2D eigenvalue weighted by molar-refractivity contribution is 6.20. The van der Waals surface area contributed by atoms with Crippen LogP contribution >= 0.6 is 0 Å². The topological polar surface area (TPSA) is 42.2 Å². The van der Waals surface area contributed by atoms with E-state index in [9.17, 15) is 9.90 Å². The number of carbonyl (C=O) groups is 1. The summed E-state index contributed by atoms with van der Waals surface area (Å²) in [6.07, 6.45) is 3.65. The van der Waals surface area contributed by atoms with Gasteiger partial charge in [0.1, 0.15) is 0 Å². The number of benzene rings is 1. The SMILES string of the molecule is CCn1cccc1C=C(C(=O)O)c1ccccc1. The van der Waals surface area contributed by atoms with Gasteiger partial charge in [-0.2, -0.15) is 0 Å². The molecular formula is C15H15NO2. The highest BCUT2D eigenvalue weighted by Gasteiger charge is 2.10. The lowest BCUT2D eigenvalue weighted by Gasteiger charge is -2.05. The van der Waals surface area contributed by atoms with Gasteiger partial charge in [0.2, 0.25) is 0 Å². The van der Waals surface area contributed by atoms with Crippen LogP contribution in [-0.4, -0.2) is 15.6 Å². The molecule has 0 aliphatic carbocycles. The second-order valence-electron chi connectivity index (χ2n) is 3.95. The van der Waals surface area contributed by atoms with E-state index in [0.717, 1.165) is 12.2 Å². The number of nitrogens with zero attached hydrogens (tertiary/aromatic N) is 1. The molecule has 0 amide bonds. The van der Waals surface area contributed by atoms with E-state index in [1.165, 1.54) is 0 Å². The largest absolute Gasteiger partial charge is 0.478 e. The number of carboxylic acid groups (broad SMARTS) is 1. The normalized spacial score (nSPS) is 11.5. The van der Waals surface area contributed by atoms with E-state index in [2.05, 4.69) is 0 Å². The van der Waals surface area contributed by atoms with E-state index in [0.29, 0.717) is 11.1 Å². The van der Waals surface area contributed by atoms with Gasteiger partial charge in [0, 0.05) is 18.4 Å². The molecule has 0 bridgehead atoms. The first kappa shape index (κ1) is 12.2. The fourth-order valence-corrected chi connectivity index (χ4v) is 1.88. The minimum atomic E-state index is -0.912. The number of hydrogen-bond acceptors (Lipinski definition) is 1. The predicted octanol–water partition coefficient (Wildman–Crippen LogP) is 3.13. The summed E-state index contributed by atoms with van der Waals surface area (Å²) >= 11 is 0. The first-order valence-corrected chi connectivity index (χ1v) is 5.88. The summed E-state index contributed by atoms with van der Waals surface area (Å²) in [6, 6.07) is 13.0. The first-order valence-electron chi connectivity index (χ1n) is 5.88. The van der Waals surface area contributed by atoms with Crippen LogP contribution < -0.4 is 0 Å². The van der Waals surface area contributed by atoms with Gasteiger partial charge >= 0.3 is 5.97 Å². The average Bonchev–Trinajstić information content (AvgIpc) is 2.83. The fraction of sp³-hybridized carbons (Fsp3) is 0.133. The Morgan fingerprint density at radius 3 is 2.56 bits per heavy atom. The molecule has 1 aromatic carbocycles. The van der Waals surface area contributed by atoms with Crippen molar-refractivity contribution in [3.63, 3.8) is 0 Å². The first-order chi connectivity index (χ1) is 8.72. The van der Waals surface area contributed by atoms with Gasteiger partial charge in [-0.1, -0.05) is 30.3 Å². The predicted molar refractivity (Wildman–Crippen MR) is 72.1 cm³/mol. The summed E-state index contributed by atoms with van der Waals surface area (Å²) in [7, 11) is 0. The van der Waals surface area contributed by atoms with Gasteiger partial charge in [-0.25, -0.2) is 4.79 Å². The van der Waals surface area contributed by atoms with Crippen LogP contribution in [0.4, 0.5) is 0 Å². The molecule has 2 aromatic rings. The zero-order valence-electron chi connectivity index (χ0n) is 10.2. The van der Waals surface area contributed by atoms with Crippen LogP contribution in [0.5, 0.6) is 0 Å². The molecule has 3 nitrogen and oxygen atoms in total. The number of aliphatic carboxylic acids is 1. The van der Waals surface area contributed by atoms with Crippen LogP contribution in [0.25, 0.3) is 11.6 Å². The fourth-order valence-electron chi connectivity index (χ4n) is 1.88. The molecule has 0 atom stereocenters. The summed E-state index contributed by atoms with van der Waals surface area (Å²) in [4.78, 5) is 11.3. The third-order valence-electron chi connectivity index (χ3n) is 2.81. The maximum Gasteiger partial charge on any atom is 0.336 e. The molecule has 0 saturated heterocycles. The lowest BCUT2D eigenvalue weighted by molar-refractivity contribution is -0.130. The highest BCUT2D eigenvalue weighted by Crippen LogP contribution is 2.18. The van der Waals surface area contributed by atoms with Crippen molar-refractivity contribution in [2.24, 2.45) is 0 Å². The Kier molecular flexibility index (Phi) is 3.63. The van der Waals surface area contributed by atoms with Gasteiger partial charge < -0.3 is 9.67 Å². The second kappa shape index (κ2) is 5.36. The molecule has 1 aromatic heterocycles. The van der Waals surface area contributed by atoms with Crippen molar-refractivity contribution >= 4 is 17.6 Å². The van der Waals surface area contributed by atoms with Gasteiger partial charge in [0.15, 0.2) is 0 Å². The molecule has 0 spiro atoms. The Morgan fingerprint density at radius 2 is 1.94 bits per heavy atom. The van der Waals surface area contributed by atoms with Crippen LogP contribution in [0.1, 0.15) is 18.2 Å². The van der Waals surface area contributed by atoms with Gasteiger partial charge in [0.25, 0.3) is 0 Å². The summed E-state index contributed by atoms with van der Waals surface area (Å²) in [5, 5.41) is 9.31. The number of carboxylic acids is 1. The third-order valence-corrected chi connectivity index (χ3v) is 2.81. The Balaban J connectivity index is 2.46. The van der Waals surface area contributed by atoms with Crippen molar-refractivity contribution in [3.8, 4) is 0 Å². The molecular weight excluding hydrogens is 226 g/mol. The van der Waals surface area contributed by atoms with Crippen molar-refractivity contribution in [2.45, 2.75) is 13.5 Å². The number of hydrogen-bond donors (Lipinski definition) is 1. The smallest absolute Gasteiger partial charge is 0.336 e. The van der Waals surface area contributed by atoms with Gasteiger partial charge in [-0.05, 0) is 30.7 Å². The van der Waals surface area contributed by atoms with Crippen molar-refractivity contribution in [1.29, 1.82) is 0 Å². The van der Waals surface area contributed by atoms with Gasteiger partial charge in [0.05, 0.1) is 5.57 Å². The molecule has 2 rings (SSSR count). The summed E-state index contributed by atoms with van der Waals surface area (Å²) in [5.41, 5.74) is 1.93. The van der Waals surface area contributed by atoms with Crippen LogP contribution in [0.2, 0.25) is 0 Å². The molecule has 18 heavy (non-hydrogen) atoms. The van der Waals surface area contributed by atoms with E-state index < -0.39 is 5.97 Å². The van der Waals surface area contributed by atoms with E-state index in [4.69, 9.17) is 0 Å². The van der Waals surface area contributed by atoms with Crippen LogP contribution in [0, 0.1) is 0 Å². The average molecular weight is 241 g/mol. The number of aryl methyl sites for hydroxylation is 1. The Morgan fingerprint density at radius 1 is 1.22 bits per heavy atom. The van der Waals surface area contributed by atoms with E-state index in [-0.39, 0.29) is 0 Å². The van der Waals surface area contributed by atoms with E-state index in [1.807, 2.05) is 48.0 Å². The standard InChI is InChI=1S/C15H15NO2/c1-2-16-10-6-9-13(16)11-14(15(17)18)12-7-4-3-5-8-12/h3-11H,2H2,1H3,(H,17,18). The Labute approximate surface area is 106 Å². The van der Waals surface area contributed by atoms with E-state index >= 15 is 0 Å². The van der Waals surface area contributed by atoms with Crippen molar-refractivity contribution in [1.82, 2.24) is 4.57 Å². The molecule has 92 valence electrons. The lowest BCUT2D eigenvalue weighted by Crippen LogP contribution is -2.01. The van der Waals surface area contributed by atoms with E-state index in [1.54, 1.807) is 18.2 Å². The zero-order valence-corrected chi connectivity index (χ0v) is 10.2. The quantitative estimate of drug-likeness (QED) is 0.835. The molecule has 0 fully saturated rings. The lowest BCUT2D eigenvalue weighted by atomic mass is 10.1. The van der Waals surface area contributed by atoms with Crippen LogP contribution in [0.3, 0.4) is 0 Å². The van der Waals surface area contributed by atoms with Crippen molar-refractivity contribution in [3.05, 3.63) is 59.9 Å². The molecule has 0 aliphatic heterocycles. The highest BCUT2D eigenvalue weighted by atomic mass is 16.4. The number of aromatic nitrogens is 1. The van der Waals surface area contributed by atoms with Crippen LogP contribution in [-0.2, 0) is 11.3 Å². The summed E-state index contributed by atoms with van der Waals surface area (Å²) < 4.78 is 2.01. The molecule has 1 N–H and O–H groups in total. The maximum absolute atomic E-state index is 11.3. The third kappa shape index (κ3) is 2.51. The zero-order chi connectivity index (χ0) is 13.0. The Bertz CT molecular complexity index is 567. The molecule has 0 radical (unpaired) electrons. The van der Waals surface area contributed by atoms with Crippen molar-refractivity contribution < 1.29 is 9.90 Å². The molecule has 0 saturated carbocycles. The van der Waals surface area contributed by atoms with Gasteiger partial charge in [-0.3, -0.25) is 0 Å². The Hall–Kier alpha value is -2.29. The minimum Gasteiger partial charge on any atom is -0.478 e. The van der Waals surface area contributed by atoms with Crippen LogP contribution in [0.15, 0.2) is 48.7 Å². The molecule has 3 heteroatoms. The number of rotatable bonds is 4. The monoisotopic (exact) mass is 241 g/mol. The van der Waals surface area contributed by atoms with Crippen molar-refractivity contribution in [2.75, 3.05) is 0 Å². The summed E-state index contributed by atoms with van der Waals surface area (Å²) in [5.74, 6) is -0.912. The minimum absolute atomic E-state index is 0.309.